The number of nitrogens with two attached hydrogens (primary N) is 1. The molecule has 1 saturated heterocycles. The molecule has 1 aliphatic heterocycles. The number of likely N-dealkylation sites (tertiary alicyclic amines) is 1. The summed E-state index contributed by atoms with van der Waals surface area (Å²) in [5.41, 5.74) is 8.09. The molecule has 1 aromatic rings. The maximum atomic E-state index is 12.7. The molecule has 1 amide bonds. The van der Waals surface area contributed by atoms with Crippen LogP contribution >= 0.6 is 12.4 Å². The highest BCUT2D eigenvalue weighted by Gasteiger charge is 2.29. The Balaban J connectivity index is 0.00000220. The molecule has 1 aliphatic rings. The molecule has 1 aromatic carbocycles. The van der Waals surface area contributed by atoms with Gasteiger partial charge in [-0.1, -0.05) is 26.0 Å². The highest BCUT2D eigenvalue weighted by molar-refractivity contribution is 5.94. The number of halogens is 1. The van der Waals surface area contributed by atoms with E-state index in [-0.39, 0.29) is 30.4 Å². The Morgan fingerprint density at radius 2 is 1.81 bits per heavy atom. The molecule has 2 rings (SSSR count). The molecular formula is C17H27ClN2O. The Hall–Kier alpha value is -1.06. The number of piperidine rings is 1. The Morgan fingerprint density at radius 1 is 1.19 bits per heavy atom. The molecule has 0 radical (unpaired) electrons. The third kappa shape index (κ3) is 4.21. The third-order valence-corrected chi connectivity index (χ3v) is 4.24. The lowest BCUT2D eigenvalue weighted by atomic mass is 9.95. The summed E-state index contributed by atoms with van der Waals surface area (Å²) < 4.78 is 0. The summed E-state index contributed by atoms with van der Waals surface area (Å²) in [5.74, 6) is 0.619. The van der Waals surface area contributed by atoms with E-state index in [9.17, 15) is 4.79 Å². The van der Waals surface area contributed by atoms with Gasteiger partial charge in [0.2, 0.25) is 0 Å². The molecule has 0 saturated carbocycles. The van der Waals surface area contributed by atoms with E-state index in [1.54, 1.807) is 0 Å². The van der Waals surface area contributed by atoms with Gasteiger partial charge < -0.3 is 10.6 Å². The highest BCUT2D eigenvalue weighted by Crippen LogP contribution is 2.22. The molecule has 0 aliphatic carbocycles. The van der Waals surface area contributed by atoms with E-state index >= 15 is 0 Å². The number of hydrogen-bond acceptors (Lipinski definition) is 2. The molecule has 1 fully saturated rings. The van der Waals surface area contributed by atoms with Gasteiger partial charge >= 0.3 is 0 Å². The van der Waals surface area contributed by atoms with E-state index in [2.05, 4.69) is 26.0 Å². The van der Waals surface area contributed by atoms with E-state index in [1.165, 1.54) is 12.0 Å². The number of nitrogens with zero attached hydrogens (tertiary/aromatic N) is 1. The smallest absolute Gasteiger partial charge is 0.254 e. The molecule has 3 nitrogen and oxygen atoms in total. The quantitative estimate of drug-likeness (QED) is 0.927. The zero-order valence-electron chi connectivity index (χ0n) is 13.2. The Labute approximate surface area is 134 Å². The number of hydrogen-bond donors (Lipinski definition) is 1. The molecule has 2 unspecified atom stereocenters. The fraction of sp³-hybridized carbons (Fsp3) is 0.588. The predicted molar refractivity (Wildman–Crippen MR) is 90.1 cm³/mol. The van der Waals surface area contributed by atoms with Crippen molar-refractivity contribution >= 4 is 18.3 Å². The first-order chi connectivity index (χ1) is 9.50. The van der Waals surface area contributed by atoms with Gasteiger partial charge in [0.15, 0.2) is 0 Å². The Bertz CT molecular complexity index is 456. The number of amides is 1. The molecule has 1 heterocycles. The second-order valence-corrected chi connectivity index (χ2v) is 6.20. The molecular weight excluding hydrogens is 284 g/mol. The molecule has 21 heavy (non-hydrogen) atoms. The van der Waals surface area contributed by atoms with Crippen LogP contribution in [0.25, 0.3) is 0 Å². The van der Waals surface area contributed by atoms with Crippen LogP contribution in [0.5, 0.6) is 0 Å². The standard InChI is InChI=1S/C17H26N2O.ClH/c1-12(2)14-7-9-15(10-8-14)17(20)19-11-5-4-6-16(19)13(3)18;/h7-10,12-13,16H,4-6,11,18H2,1-3H3;1H. The van der Waals surface area contributed by atoms with E-state index < -0.39 is 0 Å². The van der Waals surface area contributed by atoms with Gasteiger partial charge in [-0.05, 0) is 49.8 Å². The number of benzene rings is 1. The maximum absolute atomic E-state index is 12.7. The lowest BCUT2D eigenvalue weighted by molar-refractivity contribution is 0.0584. The summed E-state index contributed by atoms with van der Waals surface area (Å²) in [7, 11) is 0. The van der Waals surface area contributed by atoms with Gasteiger partial charge in [-0.15, -0.1) is 12.4 Å². The zero-order chi connectivity index (χ0) is 14.7. The van der Waals surface area contributed by atoms with Crippen LogP contribution < -0.4 is 5.73 Å². The molecule has 0 aromatic heterocycles. The van der Waals surface area contributed by atoms with Crippen molar-refractivity contribution < 1.29 is 4.79 Å². The lowest BCUT2D eigenvalue weighted by Crippen LogP contribution is -2.51. The van der Waals surface area contributed by atoms with Crippen LogP contribution in [0.3, 0.4) is 0 Å². The van der Waals surface area contributed by atoms with Crippen molar-refractivity contribution in [3.8, 4) is 0 Å². The summed E-state index contributed by atoms with van der Waals surface area (Å²) in [6.45, 7) is 7.15. The summed E-state index contributed by atoms with van der Waals surface area (Å²) >= 11 is 0. The number of carbonyl (C=O) groups excluding carboxylic acids is 1. The van der Waals surface area contributed by atoms with Crippen molar-refractivity contribution in [3.05, 3.63) is 35.4 Å². The van der Waals surface area contributed by atoms with Gasteiger partial charge in [-0.25, -0.2) is 0 Å². The van der Waals surface area contributed by atoms with Gasteiger partial charge in [-0.2, -0.15) is 0 Å². The van der Waals surface area contributed by atoms with Gasteiger partial charge in [0.1, 0.15) is 0 Å². The normalized spacial score (nSPS) is 20.0. The molecule has 2 atom stereocenters. The minimum Gasteiger partial charge on any atom is -0.334 e. The summed E-state index contributed by atoms with van der Waals surface area (Å²) in [5, 5.41) is 0. The van der Waals surface area contributed by atoms with Crippen molar-refractivity contribution in [3.63, 3.8) is 0 Å². The van der Waals surface area contributed by atoms with Crippen LogP contribution in [-0.4, -0.2) is 29.4 Å². The number of carbonyl (C=O) groups is 1. The van der Waals surface area contributed by atoms with Gasteiger partial charge in [0.25, 0.3) is 5.91 Å². The van der Waals surface area contributed by atoms with Gasteiger partial charge in [-0.3, -0.25) is 4.79 Å². The van der Waals surface area contributed by atoms with Crippen LogP contribution in [0.2, 0.25) is 0 Å². The second-order valence-electron chi connectivity index (χ2n) is 6.20. The minimum atomic E-state index is 0. The fourth-order valence-electron chi connectivity index (χ4n) is 2.93. The summed E-state index contributed by atoms with van der Waals surface area (Å²) in [6, 6.07) is 8.23. The first-order valence-electron chi connectivity index (χ1n) is 7.67. The van der Waals surface area contributed by atoms with Gasteiger partial charge in [0.05, 0.1) is 0 Å². The molecule has 118 valence electrons. The summed E-state index contributed by atoms with van der Waals surface area (Å²) in [6.07, 6.45) is 3.27. The van der Waals surface area contributed by atoms with Crippen LogP contribution in [0.15, 0.2) is 24.3 Å². The minimum absolute atomic E-state index is 0. The maximum Gasteiger partial charge on any atom is 0.254 e. The highest BCUT2D eigenvalue weighted by atomic mass is 35.5. The largest absolute Gasteiger partial charge is 0.334 e. The van der Waals surface area contributed by atoms with Crippen LogP contribution in [0.1, 0.15) is 61.9 Å². The zero-order valence-corrected chi connectivity index (χ0v) is 14.0. The van der Waals surface area contributed by atoms with E-state index in [4.69, 9.17) is 5.73 Å². The van der Waals surface area contributed by atoms with Crippen molar-refractivity contribution in [2.24, 2.45) is 5.73 Å². The fourth-order valence-corrected chi connectivity index (χ4v) is 2.93. The van der Waals surface area contributed by atoms with E-state index in [0.717, 1.165) is 24.9 Å². The van der Waals surface area contributed by atoms with Crippen LogP contribution in [0.4, 0.5) is 0 Å². The van der Waals surface area contributed by atoms with Crippen molar-refractivity contribution in [2.75, 3.05) is 6.54 Å². The molecule has 4 heteroatoms. The van der Waals surface area contributed by atoms with Crippen molar-refractivity contribution in [1.82, 2.24) is 4.90 Å². The average molecular weight is 311 g/mol. The first kappa shape index (κ1) is 18.0. The first-order valence-corrected chi connectivity index (χ1v) is 7.67. The second kappa shape index (κ2) is 7.81. The van der Waals surface area contributed by atoms with E-state index in [1.807, 2.05) is 24.0 Å². The van der Waals surface area contributed by atoms with Crippen molar-refractivity contribution in [2.45, 2.75) is 58.0 Å². The van der Waals surface area contributed by atoms with E-state index in [0.29, 0.717) is 5.92 Å². The third-order valence-electron chi connectivity index (χ3n) is 4.24. The molecule has 2 N–H and O–H groups in total. The van der Waals surface area contributed by atoms with Crippen molar-refractivity contribution in [1.29, 1.82) is 0 Å². The topological polar surface area (TPSA) is 46.3 Å². The number of rotatable bonds is 3. The Kier molecular flexibility index (Phi) is 6.69. The molecule has 0 bridgehead atoms. The van der Waals surface area contributed by atoms with Crippen LogP contribution in [0, 0.1) is 0 Å². The average Bonchev–Trinajstić information content (AvgIpc) is 2.46. The SMILES string of the molecule is CC(C)c1ccc(C(=O)N2CCCCC2C(C)N)cc1.Cl. The predicted octanol–water partition coefficient (Wildman–Crippen LogP) is 3.57. The Morgan fingerprint density at radius 3 is 2.33 bits per heavy atom. The van der Waals surface area contributed by atoms with Gasteiger partial charge in [0, 0.05) is 24.2 Å². The monoisotopic (exact) mass is 310 g/mol. The summed E-state index contributed by atoms with van der Waals surface area (Å²) in [4.78, 5) is 14.6. The lowest BCUT2D eigenvalue weighted by Gasteiger charge is -2.38. The molecule has 0 spiro atoms. The van der Waals surface area contributed by atoms with Crippen LogP contribution in [-0.2, 0) is 0 Å².